The quantitative estimate of drug-likeness (QED) is 0.491. The highest BCUT2D eigenvalue weighted by atomic mass is 127. The summed E-state index contributed by atoms with van der Waals surface area (Å²) in [6.45, 7) is 1.88. The number of halogens is 2. The minimum atomic E-state index is -0.0450. The van der Waals surface area contributed by atoms with Crippen LogP contribution < -0.4 is 5.73 Å². The number of rotatable bonds is 2. The number of aryl methyl sites for hydroxylation is 1. The molecule has 2 aromatic carbocycles. The Balaban J connectivity index is 2.41. The molecular formula is C14H11ClINO. The van der Waals surface area contributed by atoms with Crippen LogP contribution in [0.3, 0.4) is 0 Å². The molecule has 0 spiro atoms. The monoisotopic (exact) mass is 371 g/mol. The normalized spacial score (nSPS) is 10.4. The Morgan fingerprint density at radius 3 is 2.39 bits per heavy atom. The maximum Gasteiger partial charge on any atom is 0.193 e. The van der Waals surface area contributed by atoms with E-state index in [0.717, 1.165) is 9.13 Å². The van der Waals surface area contributed by atoms with Crippen molar-refractivity contribution in [2.45, 2.75) is 6.92 Å². The SMILES string of the molecule is Cc1cc(C(=O)c2ccc(I)c(Cl)c2)ccc1N. The fraction of sp³-hybridized carbons (Fsp3) is 0.0714. The van der Waals surface area contributed by atoms with Crippen LogP contribution in [0.5, 0.6) is 0 Å². The van der Waals surface area contributed by atoms with Gasteiger partial charge in [0.25, 0.3) is 0 Å². The summed E-state index contributed by atoms with van der Waals surface area (Å²) in [6.07, 6.45) is 0. The molecule has 0 aromatic heterocycles. The van der Waals surface area contributed by atoms with Crippen molar-refractivity contribution in [2.24, 2.45) is 0 Å². The summed E-state index contributed by atoms with van der Waals surface area (Å²) in [4.78, 5) is 12.3. The van der Waals surface area contributed by atoms with E-state index >= 15 is 0 Å². The van der Waals surface area contributed by atoms with Crippen molar-refractivity contribution in [1.29, 1.82) is 0 Å². The minimum absolute atomic E-state index is 0.0450. The van der Waals surface area contributed by atoms with E-state index in [9.17, 15) is 4.79 Å². The summed E-state index contributed by atoms with van der Waals surface area (Å²) in [6, 6.07) is 10.6. The number of hydrogen-bond acceptors (Lipinski definition) is 2. The van der Waals surface area contributed by atoms with Crippen LogP contribution in [0.4, 0.5) is 5.69 Å². The lowest BCUT2D eigenvalue weighted by molar-refractivity contribution is 0.103. The van der Waals surface area contributed by atoms with Crippen LogP contribution >= 0.6 is 34.2 Å². The Morgan fingerprint density at radius 1 is 1.17 bits per heavy atom. The number of carbonyl (C=O) groups is 1. The molecule has 2 nitrogen and oxygen atoms in total. The maximum absolute atomic E-state index is 12.3. The van der Waals surface area contributed by atoms with Crippen molar-refractivity contribution >= 4 is 45.7 Å². The van der Waals surface area contributed by atoms with E-state index in [1.54, 1.807) is 30.3 Å². The molecule has 0 heterocycles. The van der Waals surface area contributed by atoms with Gasteiger partial charge in [-0.2, -0.15) is 0 Å². The first-order chi connectivity index (χ1) is 8.49. The molecule has 2 N–H and O–H groups in total. The molecule has 92 valence electrons. The fourth-order valence-electron chi connectivity index (χ4n) is 1.62. The Morgan fingerprint density at radius 2 is 1.78 bits per heavy atom. The molecule has 0 atom stereocenters. The van der Waals surface area contributed by atoms with Crippen LogP contribution in [-0.4, -0.2) is 5.78 Å². The first-order valence-corrected chi connectivity index (χ1v) is 6.80. The second-order valence-corrected chi connectivity index (χ2v) is 5.60. The Kier molecular flexibility index (Phi) is 3.92. The van der Waals surface area contributed by atoms with Crippen molar-refractivity contribution in [2.75, 3.05) is 5.73 Å². The topological polar surface area (TPSA) is 43.1 Å². The van der Waals surface area contributed by atoms with Gasteiger partial charge in [-0.05, 0) is 71.5 Å². The molecule has 0 aliphatic rings. The number of benzene rings is 2. The van der Waals surface area contributed by atoms with Crippen molar-refractivity contribution in [3.05, 3.63) is 61.7 Å². The van der Waals surface area contributed by atoms with E-state index in [4.69, 9.17) is 17.3 Å². The number of nitrogen functional groups attached to an aromatic ring is 1. The van der Waals surface area contributed by atoms with Gasteiger partial charge in [-0.15, -0.1) is 0 Å². The zero-order valence-corrected chi connectivity index (χ0v) is 12.6. The van der Waals surface area contributed by atoms with E-state index in [1.807, 2.05) is 13.0 Å². The van der Waals surface area contributed by atoms with Crippen LogP contribution in [0.1, 0.15) is 21.5 Å². The summed E-state index contributed by atoms with van der Waals surface area (Å²) in [5, 5.41) is 0.591. The smallest absolute Gasteiger partial charge is 0.193 e. The van der Waals surface area contributed by atoms with E-state index in [0.29, 0.717) is 21.8 Å². The molecule has 0 saturated heterocycles. The highest BCUT2D eigenvalue weighted by Crippen LogP contribution is 2.22. The third kappa shape index (κ3) is 2.67. The molecule has 0 fully saturated rings. The number of nitrogens with two attached hydrogens (primary N) is 1. The number of hydrogen-bond donors (Lipinski definition) is 1. The summed E-state index contributed by atoms with van der Waals surface area (Å²) in [5.74, 6) is -0.0450. The minimum Gasteiger partial charge on any atom is -0.399 e. The van der Waals surface area contributed by atoms with Crippen LogP contribution in [0.2, 0.25) is 5.02 Å². The lowest BCUT2D eigenvalue weighted by atomic mass is 10.0. The second-order valence-electron chi connectivity index (χ2n) is 4.03. The molecule has 0 radical (unpaired) electrons. The number of carbonyl (C=O) groups excluding carboxylic acids is 1. The van der Waals surface area contributed by atoms with Gasteiger partial charge in [0.15, 0.2) is 5.78 Å². The van der Waals surface area contributed by atoms with Crippen LogP contribution in [0.15, 0.2) is 36.4 Å². The molecular weight excluding hydrogens is 361 g/mol. The number of ketones is 1. The van der Waals surface area contributed by atoms with E-state index < -0.39 is 0 Å². The highest BCUT2D eigenvalue weighted by Gasteiger charge is 2.11. The van der Waals surface area contributed by atoms with Gasteiger partial charge in [0, 0.05) is 20.4 Å². The first kappa shape index (κ1) is 13.4. The standard InChI is InChI=1S/C14H11ClINO/c1-8-6-9(3-5-13(8)17)14(18)10-2-4-12(16)11(15)7-10/h2-7H,17H2,1H3. The van der Waals surface area contributed by atoms with Crippen molar-refractivity contribution in [1.82, 2.24) is 0 Å². The van der Waals surface area contributed by atoms with Gasteiger partial charge < -0.3 is 5.73 Å². The molecule has 0 aliphatic heterocycles. The van der Waals surface area contributed by atoms with E-state index in [-0.39, 0.29) is 5.78 Å². The molecule has 0 aliphatic carbocycles. The van der Waals surface area contributed by atoms with Crippen LogP contribution in [0.25, 0.3) is 0 Å². The molecule has 2 aromatic rings. The van der Waals surface area contributed by atoms with E-state index in [1.165, 1.54) is 0 Å². The summed E-state index contributed by atoms with van der Waals surface area (Å²) in [5.41, 5.74) is 8.54. The number of anilines is 1. The third-order valence-corrected chi connectivity index (χ3v) is 4.29. The zero-order valence-electron chi connectivity index (χ0n) is 9.71. The van der Waals surface area contributed by atoms with Crippen LogP contribution in [-0.2, 0) is 0 Å². The summed E-state index contributed by atoms with van der Waals surface area (Å²) < 4.78 is 0.930. The molecule has 0 unspecified atom stereocenters. The molecule has 2 rings (SSSR count). The second kappa shape index (κ2) is 5.28. The third-order valence-electron chi connectivity index (χ3n) is 2.71. The Labute approximate surface area is 124 Å². The average molecular weight is 372 g/mol. The molecule has 18 heavy (non-hydrogen) atoms. The van der Waals surface area contributed by atoms with Crippen LogP contribution in [0, 0.1) is 10.5 Å². The average Bonchev–Trinajstić information content (AvgIpc) is 2.35. The molecule has 0 bridgehead atoms. The van der Waals surface area contributed by atoms with Crippen molar-refractivity contribution in [3.8, 4) is 0 Å². The Hall–Kier alpha value is -1.07. The van der Waals surface area contributed by atoms with Gasteiger partial charge in [-0.1, -0.05) is 11.6 Å². The predicted octanol–water partition coefficient (Wildman–Crippen LogP) is 4.07. The first-order valence-electron chi connectivity index (χ1n) is 5.35. The van der Waals surface area contributed by atoms with E-state index in [2.05, 4.69) is 22.6 Å². The highest BCUT2D eigenvalue weighted by molar-refractivity contribution is 14.1. The van der Waals surface area contributed by atoms with Gasteiger partial charge in [0.05, 0.1) is 5.02 Å². The fourth-order valence-corrected chi connectivity index (χ4v) is 2.14. The lowest BCUT2D eigenvalue weighted by Crippen LogP contribution is -2.03. The molecule has 0 saturated carbocycles. The molecule has 0 amide bonds. The van der Waals surface area contributed by atoms with Gasteiger partial charge in [-0.3, -0.25) is 4.79 Å². The predicted molar refractivity (Wildman–Crippen MR) is 83.2 cm³/mol. The Bertz CT molecular complexity index is 572. The summed E-state index contributed by atoms with van der Waals surface area (Å²) >= 11 is 8.15. The summed E-state index contributed by atoms with van der Waals surface area (Å²) in [7, 11) is 0. The van der Waals surface area contributed by atoms with Crippen molar-refractivity contribution in [3.63, 3.8) is 0 Å². The van der Waals surface area contributed by atoms with Gasteiger partial charge in [0.2, 0.25) is 0 Å². The zero-order chi connectivity index (χ0) is 13.3. The van der Waals surface area contributed by atoms with Gasteiger partial charge >= 0.3 is 0 Å². The molecule has 4 heteroatoms. The van der Waals surface area contributed by atoms with Crippen molar-refractivity contribution < 1.29 is 4.79 Å². The van der Waals surface area contributed by atoms with Gasteiger partial charge in [0.1, 0.15) is 0 Å². The largest absolute Gasteiger partial charge is 0.399 e. The lowest BCUT2D eigenvalue weighted by Gasteiger charge is -2.05. The maximum atomic E-state index is 12.3. The van der Waals surface area contributed by atoms with Gasteiger partial charge in [-0.25, -0.2) is 0 Å².